The first kappa shape index (κ1) is 12.3. The Morgan fingerprint density at radius 1 is 1.08 bits per heavy atom. The topological polar surface area (TPSA) is 18.8 Å². The quantitative estimate of drug-likeness (QED) is 0.492. The van der Waals surface area contributed by atoms with Crippen molar-refractivity contribution in [3.05, 3.63) is 0 Å². The molecule has 0 rings (SSSR count). The highest BCUT2D eigenvalue weighted by Gasteiger charge is 2.08. The number of aliphatic imine (C=N–C) groups is 1. The van der Waals surface area contributed by atoms with Crippen LogP contribution >= 0.6 is 0 Å². The minimum absolute atomic E-state index is 0.359. The summed E-state index contributed by atoms with van der Waals surface area (Å²) in [6.07, 6.45) is 0. The van der Waals surface area contributed by atoms with Crippen LogP contribution < -0.4 is 0 Å². The Bertz CT molecular complexity index is 152. The normalized spacial score (nSPS) is 10.1. The third-order valence-corrected chi connectivity index (χ3v) is 2.01. The van der Waals surface area contributed by atoms with Gasteiger partial charge in [0.25, 0.3) is 0 Å². The van der Waals surface area contributed by atoms with Crippen molar-refractivity contribution in [2.24, 2.45) is 4.99 Å². The fraction of sp³-hybridized carbons (Fsp3) is 0.900. The van der Waals surface area contributed by atoms with Crippen molar-refractivity contribution in [1.82, 2.24) is 9.80 Å². The molecule has 0 aliphatic heterocycles. The largest absolute Gasteiger partial charge is 0.346 e. The maximum Gasteiger partial charge on any atom is 0.196 e. The molecule has 0 heterocycles. The van der Waals surface area contributed by atoms with Crippen LogP contribution in [0.4, 0.5) is 0 Å². The Kier molecular flexibility index (Phi) is 5.51. The van der Waals surface area contributed by atoms with Crippen molar-refractivity contribution >= 4 is 5.96 Å². The Labute approximate surface area is 82.4 Å². The molecule has 78 valence electrons. The fourth-order valence-electron chi connectivity index (χ4n) is 1.00. The van der Waals surface area contributed by atoms with Gasteiger partial charge in [-0.15, -0.1) is 0 Å². The van der Waals surface area contributed by atoms with E-state index in [1.54, 1.807) is 0 Å². The van der Waals surface area contributed by atoms with Gasteiger partial charge in [0.1, 0.15) is 0 Å². The second kappa shape index (κ2) is 5.84. The van der Waals surface area contributed by atoms with Crippen LogP contribution in [0.3, 0.4) is 0 Å². The molecule has 0 aromatic carbocycles. The van der Waals surface area contributed by atoms with Gasteiger partial charge in [-0.25, -0.2) is 0 Å². The Morgan fingerprint density at radius 3 is 1.69 bits per heavy atom. The van der Waals surface area contributed by atoms with Gasteiger partial charge < -0.3 is 9.80 Å². The molecule has 0 unspecified atom stereocenters. The Morgan fingerprint density at radius 2 is 1.46 bits per heavy atom. The third kappa shape index (κ3) is 4.15. The molecule has 0 saturated heterocycles. The van der Waals surface area contributed by atoms with E-state index >= 15 is 0 Å². The van der Waals surface area contributed by atoms with Crippen LogP contribution in [0, 0.1) is 0 Å². The summed E-state index contributed by atoms with van der Waals surface area (Å²) in [5.74, 6) is 1.08. The van der Waals surface area contributed by atoms with Crippen LogP contribution in [0.1, 0.15) is 27.7 Å². The lowest BCUT2D eigenvalue weighted by atomic mass is 10.4. The van der Waals surface area contributed by atoms with Gasteiger partial charge in [0, 0.05) is 33.2 Å². The van der Waals surface area contributed by atoms with Crippen LogP contribution in [0.25, 0.3) is 0 Å². The first-order valence-electron chi connectivity index (χ1n) is 5.02. The summed E-state index contributed by atoms with van der Waals surface area (Å²) in [5.41, 5.74) is 0. The first-order chi connectivity index (χ1) is 6.02. The van der Waals surface area contributed by atoms with Crippen LogP contribution in [0.15, 0.2) is 4.99 Å². The van der Waals surface area contributed by atoms with Crippen molar-refractivity contribution in [3.8, 4) is 0 Å². The summed E-state index contributed by atoms with van der Waals surface area (Å²) in [6.45, 7) is 10.5. The third-order valence-electron chi connectivity index (χ3n) is 2.01. The molecule has 0 fully saturated rings. The van der Waals surface area contributed by atoms with Crippen molar-refractivity contribution < 1.29 is 0 Å². The second-order valence-corrected chi connectivity index (χ2v) is 3.55. The van der Waals surface area contributed by atoms with E-state index in [1.807, 2.05) is 0 Å². The minimum Gasteiger partial charge on any atom is -0.346 e. The molecule has 0 aromatic heterocycles. The maximum absolute atomic E-state index is 4.59. The Hall–Kier alpha value is -0.730. The number of hydrogen-bond acceptors (Lipinski definition) is 1. The molecule has 0 aliphatic rings. The molecule has 0 amide bonds. The zero-order valence-electron chi connectivity index (χ0n) is 9.83. The van der Waals surface area contributed by atoms with Crippen LogP contribution in [0.2, 0.25) is 0 Å². The molecular formula is C10H23N3. The van der Waals surface area contributed by atoms with Crippen molar-refractivity contribution in [2.45, 2.75) is 33.7 Å². The summed E-state index contributed by atoms with van der Waals surface area (Å²) < 4.78 is 0. The van der Waals surface area contributed by atoms with Gasteiger partial charge >= 0.3 is 0 Å². The number of hydrogen-bond donors (Lipinski definition) is 0. The van der Waals surface area contributed by atoms with Gasteiger partial charge in [-0.2, -0.15) is 0 Å². The number of rotatable bonds is 3. The average molecular weight is 185 g/mol. The lowest BCUT2D eigenvalue weighted by Crippen LogP contribution is -2.40. The van der Waals surface area contributed by atoms with E-state index in [2.05, 4.69) is 56.6 Å². The molecule has 0 aromatic rings. The molecule has 13 heavy (non-hydrogen) atoms. The highest BCUT2D eigenvalue weighted by atomic mass is 15.4. The maximum atomic E-state index is 4.59. The molecule has 3 heteroatoms. The summed E-state index contributed by atoms with van der Waals surface area (Å²) in [5, 5.41) is 0. The molecule has 0 atom stereocenters. The van der Waals surface area contributed by atoms with Crippen LogP contribution in [-0.4, -0.2) is 49.0 Å². The lowest BCUT2D eigenvalue weighted by molar-refractivity contribution is 0.406. The van der Waals surface area contributed by atoms with Crippen LogP contribution in [-0.2, 0) is 0 Å². The average Bonchev–Trinajstić information content (AvgIpc) is 2.11. The van der Waals surface area contributed by atoms with Gasteiger partial charge in [0.2, 0.25) is 0 Å². The molecule has 0 saturated carbocycles. The van der Waals surface area contributed by atoms with E-state index in [-0.39, 0.29) is 0 Å². The summed E-state index contributed by atoms with van der Waals surface area (Å²) in [4.78, 5) is 8.93. The van der Waals surface area contributed by atoms with Crippen molar-refractivity contribution in [1.29, 1.82) is 0 Å². The van der Waals surface area contributed by atoms with E-state index in [9.17, 15) is 0 Å². The number of nitrogens with zero attached hydrogens (tertiary/aromatic N) is 3. The van der Waals surface area contributed by atoms with E-state index in [0.717, 1.165) is 19.0 Å². The molecule has 3 nitrogen and oxygen atoms in total. The standard InChI is InChI=1S/C10H23N3/c1-7-12(5)10(11-9(3)4)13(6)8-2/h9H,7-8H2,1-6H3. The number of guanidine groups is 1. The molecule has 0 N–H and O–H groups in total. The van der Waals surface area contributed by atoms with Gasteiger partial charge in [-0.1, -0.05) is 0 Å². The molecule has 0 radical (unpaired) electrons. The van der Waals surface area contributed by atoms with Crippen molar-refractivity contribution in [3.63, 3.8) is 0 Å². The zero-order chi connectivity index (χ0) is 10.4. The minimum atomic E-state index is 0.359. The smallest absolute Gasteiger partial charge is 0.196 e. The molecule has 0 aliphatic carbocycles. The predicted molar refractivity (Wildman–Crippen MR) is 59.2 cm³/mol. The SMILES string of the molecule is CCN(C)C(=NC(C)C)N(C)CC. The van der Waals surface area contributed by atoms with Gasteiger partial charge in [0.05, 0.1) is 0 Å². The van der Waals surface area contributed by atoms with Gasteiger partial charge in [-0.05, 0) is 27.7 Å². The fourth-order valence-corrected chi connectivity index (χ4v) is 1.00. The van der Waals surface area contributed by atoms with Crippen molar-refractivity contribution in [2.75, 3.05) is 27.2 Å². The Balaban J connectivity index is 4.54. The second-order valence-electron chi connectivity index (χ2n) is 3.55. The van der Waals surface area contributed by atoms with Gasteiger partial charge in [-0.3, -0.25) is 4.99 Å². The lowest BCUT2D eigenvalue weighted by Gasteiger charge is -2.28. The van der Waals surface area contributed by atoms with E-state index in [4.69, 9.17) is 0 Å². The van der Waals surface area contributed by atoms with E-state index < -0.39 is 0 Å². The monoisotopic (exact) mass is 185 g/mol. The molecular weight excluding hydrogens is 162 g/mol. The highest BCUT2D eigenvalue weighted by molar-refractivity contribution is 5.79. The summed E-state index contributed by atoms with van der Waals surface area (Å²) >= 11 is 0. The van der Waals surface area contributed by atoms with Gasteiger partial charge in [0.15, 0.2) is 5.96 Å². The zero-order valence-corrected chi connectivity index (χ0v) is 9.83. The molecule has 0 bridgehead atoms. The molecule has 0 spiro atoms. The van der Waals surface area contributed by atoms with Crippen LogP contribution in [0.5, 0.6) is 0 Å². The predicted octanol–water partition coefficient (Wildman–Crippen LogP) is 1.65. The summed E-state index contributed by atoms with van der Waals surface area (Å²) in [7, 11) is 4.15. The van der Waals surface area contributed by atoms with E-state index in [1.165, 1.54) is 0 Å². The first-order valence-corrected chi connectivity index (χ1v) is 5.02. The summed E-state index contributed by atoms with van der Waals surface area (Å²) in [6, 6.07) is 0.359. The van der Waals surface area contributed by atoms with E-state index in [0.29, 0.717) is 6.04 Å². The highest BCUT2D eigenvalue weighted by Crippen LogP contribution is 1.97.